The summed E-state index contributed by atoms with van der Waals surface area (Å²) in [5.41, 5.74) is 11.9. The van der Waals surface area contributed by atoms with Gasteiger partial charge in [0.2, 0.25) is 0 Å². The maximum absolute atomic E-state index is 11.4. The van der Waals surface area contributed by atoms with Gasteiger partial charge >= 0.3 is 41.5 Å². The Hall–Kier alpha value is -3.78. The van der Waals surface area contributed by atoms with Crippen molar-refractivity contribution in [1.82, 2.24) is 19.6 Å². The van der Waals surface area contributed by atoms with Crippen molar-refractivity contribution in [3.8, 4) is 0 Å². The normalized spacial score (nSPS) is 9.39. The van der Waals surface area contributed by atoms with E-state index in [1.807, 2.05) is 0 Å². The molecule has 6 N–H and O–H groups in total. The Balaban J connectivity index is 0. The number of carbonyl (C=O) groups is 4. The van der Waals surface area contributed by atoms with Crippen LogP contribution in [-0.4, -0.2) is 60.5 Å². The van der Waals surface area contributed by atoms with Crippen molar-refractivity contribution in [3.05, 3.63) is 59.9 Å². The number of benzene rings is 2. The van der Waals surface area contributed by atoms with Gasteiger partial charge in [0.1, 0.15) is 13.1 Å². The van der Waals surface area contributed by atoms with Gasteiger partial charge in [0, 0.05) is 10.8 Å². The predicted octanol–water partition coefficient (Wildman–Crippen LogP) is -0.982. The van der Waals surface area contributed by atoms with Crippen molar-refractivity contribution in [2.75, 3.05) is 6.61 Å². The number of rotatable bonds is 7. The third-order valence-electron chi connectivity index (χ3n) is 4.65. The summed E-state index contributed by atoms with van der Waals surface area (Å²) in [5, 5.41) is 17.8. The largest absolute Gasteiger partial charge is 1.00 e. The maximum Gasteiger partial charge on any atom is 1.00 e. The van der Waals surface area contributed by atoms with Crippen LogP contribution in [0, 0.1) is 0 Å². The van der Waals surface area contributed by atoms with Gasteiger partial charge in [-0.25, -0.2) is 0 Å². The Bertz CT molecular complexity index is 1400. The SMILES string of the molecule is C.C.CCOC(=O)Cn1nc(C(N)=O)c2ccccc21.NC(=O)c1nn(CC(=O)O)c2ccccc12.[Na+].[OH-]. The van der Waals surface area contributed by atoms with Crippen molar-refractivity contribution in [1.29, 1.82) is 0 Å². The monoisotopic (exact) mass is 538 g/mol. The van der Waals surface area contributed by atoms with E-state index in [2.05, 4.69) is 10.2 Å². The molecular formula is C24H31N6NaO7. The van der Waals surface area contributed by atoms with E-state index < -0.39 is 23.8 Å². The average molecular weight is 539 g/mol. The van der Waals surface area contributed by atoms with Crippen LogP contribution in [-0.2, 0) is 27.4 Å². The molecule has 2 aromatic carbocycles. The number of aromatic nitrogens is 4. The van der Waals surface area contributed by atoms with E-state index in [0.29, 0.717) is 28.4 Å². The summed E-state index contributed by atoms with van der Waals surface area (Å²) >= 11 is 0. The van der Waals surface area contributed by atoms with Crippen LogP contribution in [0.15, 0.2) is 48.5 Å². The van der Waals surface area contributed by atoms with E-state index in [1.165, 1.54) is 9.36 Å². The van der Waals surface area contributed by atoms with Gasteiger partial charge in [-0.1, -0.05) is 51.3 Å². The first-order valence-corrected chi connectivity index (χ1v) is 10.1. The van der Waals surface area contributed by atoms with Gasteiger partial charge in [-0.2, -0.15) is 10.2 Å². The molecule has 0 radical (unpaired) electrons. The quantitative estimate of drug-likeness (QED) is 0.194. The number of carbonyl (C=O) groups excluding carboxylic acids is 3. The summed E-state index contributed by atoms with van der Waals surface area (Å²) in [4.78, 5) is 44.4. The van der Waals surface area contributed by atoms with Crippen LogP contribution in [0.5, 0.6) is 0 Å². The Morgan fingerprint density at radius 2 is 1.21 bits per heavy atom. The van der Waals surface area contributed by atoms with Crippen molar-refractivity contribution in [2.24, 2.45) is 11.5 Å². The molecule has 0 fully saturated rings. The number of para-hydroxylation sites is 2. The molecule has 0 aliphatic rings. The third-order valence-corrected chi connectivity index (χ3v) is 4.65. The molecule has 0 bridgehead atoms. The molecule has 0 atom stereocenters. The molecule has 0 unspecified atom stereocenters. The number of primary amides is 2. The smallest absolute Gasteiger partial charge is 0.870 e. The van der Waals surface area contributed by atoms with Gasteiger partial charge in [0.05, 0.1) is 17.6 Å². The fourth-order valence-electron chi connectivity index (χ4n) is 3.32. The molecule has 0 saturated carbocycles. The second-order valence-electron chi connectivity index (χ2n) is 6.97. The van der Waals surface area contributed by atoms with E-state index in [0.717, 1.165) is 0 Å². The first-order chi connectivity index (χ1) is 16.2. The van der Waals surface area contributed by atoms with E-state index >= 15 is 0 Å². The fourth-order valence-corrected chi connectivity index (χ4v) is 3.32. The molecule has 4 rings (SSSR count). The number of esters is 1. The van der Waals surface area contributed by atoms with Crippen molar-refractivity contribution >= 4 is 45.6 Å². The number of hydrogen-bond donors (Lipinski definition) is 3. The minimum absolute atomic E-state index is 0. The zero-order chi connectivity index (χ0) is 24.8. The molecule has 2 amide bonds. The first kappa shape index (κ1) is 36.4. The minimum atomic E-state index is -1.02. The van der Waals surface area contributed by atoms with Crippen LogP contribution < -0.4 is 41.0 Å². The van der Waals surface area contributed by atoms with Gasteiger partial charge in [0.25, 0.3) is 11.8 Å². The average Bonchev–Trinajstić information content (AvgIpc) is 3.33. The molecule has 0 aliphatic heterocycles. The summed E-state index contributed by atoms with van der Waals surface area (Å²) in [6.45, 7) is 1.70. The zero-order valence-electron chi connectivity index (χ0n) is 19.6. The van der Waals surface area contributed by atoms with Gasteiger partial charge < -0.3 is 26.8 Å². The summed E-state index contributed by atoms with van der Waals surface area (Å²) in [6.07, 6.45) is 0. The summed E-state index contributed by atoms with van der Waals surface area (Å²) in [6, 6.07) is 14.0. The van der Waals surface area contributed by atoms with Crippen molar-refractivity contribution < 1.29 is 64.1 Å². The number of ether oxygens (including phenoxy) is 1. The number of nitrogens with two attached hydrogens (primary N) is 2. The van der Waals surface area contributed by atoms with Crippen molar-refractivity contribution in [3.63, 3.8) is 0 Å². The summed E-state index contributed by atoms with van der Waals surface area (Å²) < 4.78 is 7.52. The molecule has 13 nitrogen and oxygen atoms in total. The number of aliphatic carboxylic acids is 1. The number of nitrogens with zero attached hydrogens (tertiary/aromatic N) is 4. The standard InChI is InChI=1S/C12H13N3O3.C10H9N3O3.2CH4.Na.H2O/c1-2-18-10(16)7-15-9-6-4-3-5-8(9)11(14-15)12(13)17;11-10(16)9-6-3-1-2-4-7(6)13(12-9)5-8(14)15;;;;/h3-6H,2,7H2,1H3,(H2,13,17);1-4H,5H2,(H2,11,16)(H,14,15);2*1H4;;1H2/q;;;;+1;/p-1. The number of amides is 2. The Morgan fingerprint density at radius 3 is 1.58 bits per heavy atom. The van der Waals surface area contributed by atoms with Crippen LogP contribution in [0.2, 0.25) is 0 Å². The van der Waals surface area contributed by atoms with Crippen LogP contribution in [0.4, 0.5) is 0 Å². The van der Waals surface area contributed by atoms with Crippen LogP contribution in [0.3, 0.4) is 0 Å². The molecule has 0 spiro atoms. The molecule has 0 saturated heterocycles. The molecule has 0 aliphatic carbocycles. The van der Waals surface area contributed by atoms with Crippen molar-refractivity contribution in [2.45, 2.75) is 34.9 Å². The number of hydrogen-bond acceptors (Lipinski definition) is 8. The van der Waals surface area contributed by atoms with E-state index in [1.54, 1.807) is 55.5 Å². The van der Waals surface area contributed by atoms with Crippen LogP contribution in [0.1, 0.15) is 42.8 Å². The fraction of sp³-hybridized carbons (Fsp3) is 0.250. The van der Waals surface area contributed by atoms with Gasteiger partial charge in [-0.15, -0.1) is 0 Å². The molecule has 4 aromatic rings. The van der Waals surface area contributed by atoms with Crippen LogP contribution in [0.25, 0.3) is 21.8 Å². The Morgan fingerprint density at radius 1 is 0.816 bits per heavy atom. The topological polar surface area (TPSA) is 215 Å². The van der Waals surface area contributed by atoms with Gasteiger partial charge in [-0.3, -0.25) is 28.5 Å². The van der Waals surface area contributed by atoms with Crippen LogP contribution >= 0.6 is 0 Å². The second kappa shape index (κ2) is 16.1. The molecule has 38 heavy (non-hydrogen) atoms. The number of carboxylic acid groups (broad SMARTS) is 1. The maximum atomic E-state index is 11.4. The second-order valence-corrected chi connectivity index (χ2v) is 6.97. The molecule has 200 valence electrons. The minimum Gasteiger partial charge on any atom is -0.870 e. The summed E-state index contributed by atoms with van der Waals surface area (Å²) in [7, 11) is 0. The van der Waals surface area contributed by atoms with E-state index in [-0.39, 0.29) is 74.4 Å². The molecule has 2 heterocycles. The zero-order valence-corrected chi connectivity index (χ0v) is 21.6. The van der Waals surface area contributed by atoms with E-state index in [4.69, 9.17) is 21.3 Å². The third kappa shape index (κ3) is 8.38. The number of fused-ring (bicyclic) bond motifs is 2. The Kier molecular flexibility index (Phi) is 15.5. The summed E-state index contributed by atoms with van der Waals surface area (Å²) in [5.74, 6) is -2.71. The first-order valence-electron chi connectivity index (χ1n) is 10.1. The predicted molar refractivity (Wildman–Crippen MR) is 136 cm³/mol. The number of carboxylic acids is 1. The molecule has 2 aromatic heterocycles. The Labute approximate surface area is 241 Å². The van der Waals surface area contributed by atoms with E-state index in [9.17, 15) is 19.2 Å². The molecule has 14 heteroatoms. The van der Waals surface area contributed by atoms with Gasteiger partial charge in [-0.05, 0) is 19.1 Å². The van der Waals surface area contributed by atoms with Gasteiger partial charge in [0.15, 0.2) is 11.4 Å². The molecular weight excluding hydrogens is 507 g/mol.